The van der Waals surface area contributed by atoms with Crippen molar-refractivity contribution in [3.63, 3.8) is 0 Å². The maximum Gasteiger partial charge on any atom is 0.305 e. The lowest BCUT2D eigenvalue weighted by Gasteiger charge is -2.12. The zero-order chi connectivity index (χ0) is 13.0. The minimum absolute atomic E-state index is 0.121. The Bertz CT molecular complexity index is 430. The first-order chi connectivity index (χ1) is 7.91. The SMILES string of the molecule is CC(CC(=O)O)NC(=O)c1c(F)cccc1Br. The number of halogens is 2. The number of carbonyl (C=O) groups excluding carboxylic acids is 1. The third-order valence-corrected chi connectivity index (χ3v) is 2.71. The summed E-state index contributed by atoms with van der Waals surface area (Å²) in [5, 5.41) is 11.0. The van der Waals surface area contributed by atoms with Crippen LogP contribution >= 0.6 is 15.9 Å². The fourth-order valence-electron chi connectivity index (χ4n) is 1.32. The highest BCUT2D eigenvalue weighted by Crippen LogP contribution is 2.19. The second-order valence-electron chi connectivity index (χ2n) is 3.57. The van der Waals surface area contributed by atoms with Crippen molar-refractivity contribution >= 4 is 27.8 Å². The van der Waals surface area contributed by atoms with Gasteiger partial charge in [-0.2, -0.15) is 0 Å². The van der Waals surface area contributed by atoms with E-state index in [2.05, 4.69) is 21.2 Å². The van der Waals surface area contributed by atoms with Crippen molar-refractivity contribution in [3.05, 3.63) is 34.1 Å². The molecular weight excluding hydrogens is 293 g/mol. The molecule has 0 aromatic heterocycles. The number of carboxylic acids is 1. The number of hydrogen-bond donors (Lipinski definition) is 2. The van der Waals surface area contributed by atoms with Crippen LogP contribution in [-0.2, 0) is 4.79 Å². The largest absolute Gasteiger partial charge is 0.481 e. The third kappa shape index (κ3) is 3.81. The standard InChI is InChI=1S/C11H11BrFNO3/c1-6(5-9(15)16)14-11(17)10-7(12)3-2-4-8(10)13/h2-4,6H,5H2,1H3,(H,14,17)(H,15,16). The molecule has 0 saturated heterocycles. The van der Waals surface area contributed by atoms with Crippen LogP contribution in [0.15, 0.2) is 22.7 Å². The van der Waals surface area contributed by atoms with Crippen molar-refractivity contribution in [1.29, 1.82) is 0 Å². The van der Waals surface area contributed by atoms with Gasteiger partial charge in [0.1, 0.15) is 5.82 Å². The molecule has 0 fully saturated rings. The maximum absolute atomic E-state index is 13.4. The van der Waals surface area contributed by atoms with Crippen LogP contribution < -0.4 is 5.32 Å². The van der Waals surface area contributed by atoms with Gasteiger partial charge in [-0.05, 0) is 35.0 Å². The normalized spacial score (nSPS) is 11.9. The van der Waals surface area contributed by atoms with Crippen molar-refractivity contribution in [2.24, 2.45) is 0 Å². The lowest BCUT2D eigenvalue weighted by molar-refractivity contribution is -0.137. The number of carboxylic acid groups (broad SMARTS) is 1. The number of rotatable bonds is 4. The summed E-state index contributed by atoms with van der Waals surface area (Å²) in [6.07, 6.45) is -0.211. The first-order valence-corrected chi connectivity index (χ1v) is 5.67. The molecule has 0 bridgehead atoms. The molecule has 1 amide bonds. The molecule has 0 aliphatic carbocycles. The van der Waals surface area contributed by atoms with Gasteiger partial charge in [0, 0.05) is 10.5 Å². The molecule has 0 radical (unpaired) electrons. The zero-order valence-electron chi connectivity index (χ0n) is 9.04. The summed E-state index contributed by atoms with van der Waals surface area (Å²) in [7, 11) is 0. The van der Waals surface area contributed by atoms with Gasteiger partial charge in [-0.1, -0.05) is 6.07 Å². The average Bonchev–Trinajstić information content (AvgIpc) is 2.15. The maximum atomic E-state index is 13.4. The third-order valence-electron chi connectivity index (χ3n) is 2.05. The predicted octanol–water partition coefficient (Wildman–Crippen LogP) is 2.18. The molecule has 1 atom stereocenters. The first kappa shape index (κ1) is 13.6. The minimum atomic E-state index is -1.02. The van der Waals surface area contributed by atoms with E-state index in [1.807, 2.05) is 0 Å². The van der Waals surface area contributed by atoms with E-state index in [-0.39, 0.29) is 12.0 Å². The van der Waals surface area contributed by atoms with E-state index in [0.29, 0.717) is 4.47 Å². The summed E-state index contributed by atoms with van der Waals surface area (Å²) in [6, 6.07) is 3.62. The minimum Gasteiger partial charge on any atom is -0.481 e. The molecule has 1 aromatic carbocycles. The summed E-state index contributed by atoms with van der Waals surface area (Å²) >= 11 is 3.07. The summed E-state index contributed by atoms with van der Waals surface area (Å²) in [6.45, 7) is 1.54. The summed E-state index contributed by atoms with van der Waals surface area (Å²) in [4.78, 5) is 22.1. The van der Waals surface area contributed by atoms with Gasteiger partial charge in [-0.3, -0.25) is 9.59 Å². The van der Waals surface area contributed by atoms with Gasteiger partial charge in [0.2, 0.25) is 0 Å². The summed E-state index contributed by atoms with van der Waals surface area (Å²) in [5.41, 5.74) is -0.121. The van der Waals surface area contributed by atoms with Gasteiger partial charge in [0.15, 0.2) is 0 Å². The van der Waals surface area contributed by atoms with Crippen LogP contribution in [0.2, 0.25) is 0 Å². The van der Waals surface area contributed by atoms with Crippen molar-refractivity contribution in [1.82, 2.24) is 5.32 Å². The highest BCUT2D eigenvalue weighted by molar-refractivity contribution is 9.10. The molecule has 1 aromatic rings. The number of nitrogens with one attached hydrogen (secondary N) is 1. The second-order valence-corrected chi connectivity index (χ2v) is 4.42. The quantitative estimate of drug-likeness (QED) is 0.896. The molecule has 1 unspecified atom stereocenters. The lowest BCUT2D eigenvalue weighted by Crippen LogP contribution is -2.34. The Balaban J connectivity index is 2.80. The van der Waals surface area contributed by atoms with Gasteiger partial charge in [-0.15, -0.1) is 0 Å². The fourth-order valence-corrected chi connectivity index (χ4v) is 1.85. The Morgan fingerprint density at radius 2 is 2.18 bits per heavy atom. The van der Waals surface area contributed by atoms with Crippen LogP contribution in [0.4, 0.5) is 4.39 Å². The van der Waals surface area contributed by atoms with Crippen LogP contribution in [0.25, 0.3) is 0 Å². The fraction of sp³-hybridized carbons (Fsp3) is 0.273. The molecule has 0 saturated carbocycles. The van der Waals surface area contributed by atoms with E-state index in [1.54, 1.807) is 13.0 Å². The Morgan fingerprint density at radius 1 is 1.53 bits per heavy atom. The molecule has 6 heteroatoms. The number of carbonyl (C=O) groups is 2. The Kier molecular flexibility index (Phi) is 4.62. The number of benzene rings is 1. The topological polar surface area (TPSA) is 66.4 Å². The van der Waals surface area contributed by atoms with E-state index in [4.69, 9.17) is 5.11 Å². The van der Waals surface area contributed by atoms with E-state index >= 15 is 0 Å². The molecule has 0 aliphatic heterocycles. The van der Waals surface area contributed by atoms with E-state index < -0.39 is 23.7 Å². The van der Waals surface area contributed by atoms with Crippen LogP contribution in [-0.4, -0.2) is 23.0 Å². The van der Waals surface area contributed by atoms with Gasteiger partial charge in [0.05, 0.1) is 12.0 Å². The Hall–Kier alpha value is -1.43. The van der Waals surface area contributed by atoms with E-state index in [9.17, 15) is 14.0 Å². The van der Waals surface area contributed by atoms with E-state index in [0.717, 1.165) is 0 Å². The molecule has 1 rings (SSSR count). The molecule has 0 spiro atoms. The molecular formula is C11H11BrFNO3. The van der Waals surface area contributed by atoms with Gasteiger partial charge >= 0.3 is 5.97 Å². The Morgan fingerprint density at radius 3 is 2.71 bits per heavy atom. The number of aliphatic carboxylic acids is 1. The second kappa shape index (κ2) is 5.77. The molecule has 2 N–H and O–H groups in total. The average molecular weight is 304 g/mol. The number of hydrogen-bond acceptors (Lipinski definition) is 2. The molecule has 92 valence electrons. The van der Waals surface area contributed by atoms with Gasteiger partial charge < -0.3 is 10.4 Å². The smallest absolute Gasteiger partial charge is 0.305 e. The van der Waals surface area contributed by atoms with Crippen molar-refractivity contribution < 1.29 is 19.1 Å². The van der Waals surface area contributed by atoms with Crippen LogP contribution in [0.3, 0.4) is 0 Å². The highest BCUT2D eigenvalue weighted by Gasteiger charge is 2.18. The molecule has 4 nitrogen and oxygen atoms in total. The van der Waals surface area contributed by atoms with Crippen LogP contribution in [0, 0.1) is 5.82 Å². The predicted molar refractivity (Wildman–Crippen MR) is 63.3 cm³/mol. The molecule has 0 aliphatic rings. The van der Waals surface area contributed by atoms with Gasteiger partial charge in [-0.25, -0.2) is 4.39 Å². The summed E-state index contributed by atoms with van der Waals surface area (Å²) < 4.78 is 13.7. The van der Waals surface area contributed by atoms with Gasteiger partial charge in [0.25, 0.3) is 5.91 Å². The lowest BCUT2D eigenvalue weighted by atomic mass is 10.1. The monoisotopic (exact) mass is 303 g/mol. The van der Waals surface area contributed by atoms with Crippen molar-refractivity contribution in [2.45, 2.75) is 19.4 Å². The molecule has 17 heavy (non-hydrogen) atoms. The highest BCUT2D eigenvalue weighted by atomic mass is 79.9. The van der Waals surface area contributed by atoms with Crippen molar-refractivity contribution in [2.75, 3.05) is 0 Å². The number of amides is 1. The summed E-state index contributed by atoms with van der Waals surface area (Å²) in [5.74, 6) is -2.31. The first-order valence-electron chi connectivity index (χ1n) is 4.88. The van der Waals surface area contributed by atoms with Crippen LogP contribution in [0.1, 0.15) is 23.7 Å². The zero-order valence-corrected chi connectivity index (χ0v) is 10.6. The Labute approximate surface area is 106 Å². The molecule has 0 heterocycles. The van der Waals surface area contributed by atoms with E-state index in [1.165, 1.54) is 12.1 Å². The van der Waals surface area contributed by atoms with Crippen molar-refractivity contribution in [3.8, 4) is 0 Å². The van der Waals surface area contributed by atoms with Crippen LogP contribution in [0.5, 0.6) is 0 Å².